The van der Waals surface area contributed by atoms with Crippen molar-refractivity contribution in [1.29, 1.82) is 0 Å². The molecule has 2 aromatic rings. The fraction of sp³-hybridized carbons (Fsp3) is 0.474. The van der Waals surface area contributed by atoms with Crippen LogP contribution in [0.25, 0.3) is 0 Å². The number of rotatable bonds is 7. The highest BCUT2D eigenvalue weighted by molar-refractivity contribution is 5.93. The van der Waals surface area contributed by atoms with Crippen LogP contribution >= 0.6 is 0 Å². The quantitative estimate of drug-likeness (QED) is 0.751. The van der Waals surface area contributed by atoms with E-state index in [2.05, 4.69) is 22.2 Å². The van der Waals surface area contributed by atoms with Gasteiger partial charge in [-0.25, -0.2) is 9.97 Å². The minimum Gasteiger partial charge on any atom is -0.459 e. The van der Waals surface area contributed by atoms with Gasteiger partial charge in [0.1, 0.15) is 5.69 Å². The summed E-state index contributed by atoms with van der Waals surface area (Å²) in [6, 6.07) is 4.96. The predicted octanol–water partition coefficient (Wildman–Crippen LogP) is 2.27. The molecule has 0 radical (unpaired) electrons. The number of unbranched alkanes of at least 4 members (excludes halogenated alkanes) is 2. The molecule has 1 aliphatic heterocycles. The van der Waals surface area contributed by atoms with Gasteiger partial charge in [0, 0.05) is 38.9 Å². The zero-order chi connectivity index (χ0) is 19.1. The molecule has 0 aromatic carbocycles. The highest BCUT2D eigenvalue weighted by atomic mass is 16.3. The molecule has 144 valence electrons. The standard InChI is InChI=1S/C19H25N5O3/c1-2-3-4-8-20-19-21-9-7-15(22-19)17(25)23-10-12-24(13-11-23)18(26)16-6-5-14-27-16/h5-7,9,14H,2-4,8,10-13H2,1H3,(H,20,21,22). The second kappa shape index (κ2) is 9.16. The Balaban J connectivity index is 1.54. The molecule has 1 aliphatic rings. The third-order valence-electron chi connectivity index (χ3n) is 4.52. The van der Waals surface area contributed by atoms with Gasteiger partial charge in [-0.1, -0.05) is 19.8 Å². The first-order chi connectivity index (χ1) is 13.2. The molecule has 1 fully saturated rings. The molecule has 0 spiro atoms. The third kappa shape index (κ3) is 4.84. The Morgan fingerprint density at radius 2 is 1.85 bits per heavy atom. The molecule has 2 amide bonds. The smallest absolute Gasteiger partial charge is 0.289 e. The summed E-state index contributed by atoms with van der Waals surface area (Å²) in [6.07, 6.45) is 6.42. The van der Waals surface area contributed by atoms with Crippen LogP contribution in [0, 0.1) is 0 Å². The van der Waals surface area contributed by atoms with Crippen molar-refractivity contribution in [1.82, 2.24) is 19.8 Å². The van der Waals surface area contributed by atoms with Crippen LogP contribution in [0.3, 0.4) is 0 Å². The Bertz CT molecular complexity index is 754. The van der Waals surface area contributed by atoms with Crippen LogP contribution in [-0.2, 0) is 0 Å². The number of amides is 2. The van der Waals surface area contributed by atoms with Gasteiger partial charge in [0.05, 0.1) is 6.26 Å². The van der Waals surface area contributed by atoms with Crippen LogP contribution in [0.1, 0.15) is 47.2 Å². The number of carbonyl (C=O) groups is 2. The maximum Gasteiger partial charge on any atom is 0.289 e. The lowest BCUT2D eigenvalue weighted by Crippen LogP contribution is -2.50. The van der Waals surface area contributed by atoms with Gasteiger partial charge in [-0.05, 0) is 24.6 Å². The molecule has 3 rings (SSSR count). The zero-order valence-corrected chi connectivity index (χ0v) is 15.6. The van der Waals surface area contributed by atoms with Crippen molar-refractivity contribution in [2.75, 3.05) is 38.0 Å². The third-order valence-corrected chi connectivity index (χ3v) is 4.52. The number of carbonyl (C=O) groups excluding carboxylic acids is 2. The molecule has 1 N–H and O–H groups in total. The Hall–Kier alpha value is -2.90. The molecule has 0 unspecified atom stereocenters. The van der Waals surface area contributed by atoms with E-state index in [4.69, 9.17) is 4.42 Å². The molecule has 3 heterocycles. The number of hydrogen-bond acceptors (Lipinski definition) is 6. The van der Waals surface area contributed by atoms with Gasteiger partial charge in [-0.15, -0.1) is 0 Å². The number of anilines is 1. The molecule has 8 heteroatoms. The summed E-state index contributed by atoms with van der Waals surface area (Å²) in [6.45, 7) is 4.82. The monoisotopic (exact) mass is 371 g/mol. The molecule has 2 aromatic heterocycles. The topological polar surface area (TPSA) is 91.6 Å². The van der Waals surface area contributed by atoms with Gasteiger partial charge in [0.25, 0.3) is 11.8 Å². The average Bonchev–Trinajstić information content (AvgIpc) is 3.25. The number of nitrogens with one attached hydrogen (secondary N) is 1. The number of hydrogen-bond donors (Lipinski definition) is 1. The summed E-state index contributed by atoms with van der Waals surface area (Å²) in [4.78, 5) is 36.9. The second-order valence-electron chi connectivity index (χ2n) is 6.46. The largest absolute Gasteiger partial charge is 0.459 e. The minimum absolute atomic E-state index is 0.140. The maximum atomic E-state index is 12.7. The van der Waals surface area contributed by atoms with Gasteiger partial charge in [-0.3, -0.25) is 9.59 Å². The van der Waals surface area contributed by atoms with E-state index >= 15 is 0 Å². The fourth-order valence-electron chi connectivity index (χ4n) is 2.97. The van der Waals surface area contributed by atoms with Crippen molar-refractivity contribution in [2.45, 2.75) is 26.2 Å². The number of nitrogens with zero attached hydrogens (tertiary/aromatic N) is 4. The van der Waals surface area contributed by atoms with E-state index in [-0.39, 0.29) is 11.8 Å². The van der Waals surface area contributed by atoms with Gasteiger partial charge in [0.2, 0.25) is 5.95 Å². The number of piperazine rings is 1. The highest BCUT2D eigenvalue weighted by Crippen LogP contribution is 2.12. The average molecular weight is 371 g/mol. The Morgan fingerprint density at radius 3 is 2.52 bits per heavy atom. The van der Waals surface area contributed by atoms with Crippen molar-refractivity contribution >= 4 is 17.8 Å². The van der Waals surface area contributed by atoms with Gasteiger partial charge < -0.3 is 19.5 Å². The van der Waals surface area contributed by atoms with E-state index in [1.54, 1.807) is 34.2 Å². The van der Waals surface area contributed by atoms with Crippen molar-refractivity contribution in [3.05, 3.63) is 42.1 Å². The molecule has 0 bridgehead atoms. The molecule has 0 saturated carbocycles. The van der Waals surface area contributed by atoms with Crippen LogP contribution < -0.4 is 5.32 Å². The normalized spacial score (nSPS) is 14.3. The summed E-state index contributed by atoms with van der Waals surface area (Å²) in [5.41, 5.74) is 0.369. The molecule has 0 aliphatic carbocycles. The summed E-state index contributed by atoms with van der Waals surface area (Å²) in [5, 5.41) is 3.16. The number of furan rings is 1. The van der Waals surface area contributed by atoms with E-state index in [1.807, 2.05) is 0 Å². The van der Waals surface area contributed by atoms with Crippen molar-refractivity contribution < 1.29 is 14.0 Å². The van der Waals surface area contributed by atoms with Crippen LogP contribution in [0.4, 0.5) is 5.95 Å². The summed E-state index contributed by atoms with van der Waals surface area (Å²) >= 11 is 0. The lowest BCUT2D eigenvalue weighted by atomic mass is 10.2. The van der Waals surface area contributed by atoms with Gasteiger partial charge >= 0.3 is 0 Å². The highest BCUT2D eigenvalue weighted by Gasteiger charge is 2.27. The van der Waals surface area contributed by atoms with E-state index in [0.29, 0.717) is 43.6 Å². The van der Waals surface area contributed by atoms with Crippen LogP contribution in [0.15, 0.2) is 35.1 Å². The first-order valence-corrected chi connectivity index (χ1v) is 9.38. The molecule has 8 nitrogen and oxygen atoms in total. The first kappa shape index (κ1) is 18.9. The van der Waals surface area contributed by atoms with Crippen molar-refractivity contribution in [3.63, 3.8) is 0 Å². The van der Waals surface area contributed by atoms with E-state index in [0.717, 1.165) is 25.8 Å². The van der Waals surface area contributed by atoms with E-state index < -0.39 is 0 Å². The SMILES string of the molecule is CCCCCNc1nccc(C(=O)N2CCN(C(=O)c3ccco3)CC2)n1. The van der Waals surface area contributed by atoms with E-state index in [1.165, 1.54) is 6.26 Å². The Labute approximate surface area is 158 Å². The van der Waals surface area contributed by atoms with Crippen LogP contribution in [0.2, 0.25) is 0 Å². The fourth-order valence-corrected chi connectivity index (χ4v) is 2.97. The molecule has 1 saturated heterocycles. The van der Waals surface area contributed by atoms with Gasteiger partial charge in [0.15, 0.2) is 5.76 Å². The second-order valence-corrected chi connectivity index (χ2v) is 6.46. The predicted molar refractivity (Wildman–Crippen MR) is 101 cm³/mol. The first-order valence-electron chi connectivity index (χ1n) is 9.38. The van der Waals surface area contributed by atoms with Gasteiger partial charge in [-0.2, -0.15) is 0 Å². The lowest BCUT2D eigenvalue weighted by molar-refractivity contribution is 0.0515. The summed E-state index contributed by atoms with van der Waals surface area (Å²) in [5.74, 6) is 0.514. The molecule has 0 atom stereocenters. The molecular weight excluding hydrogens is 346 g/mol. The van der Waals surface area contributed by atoms with Crippen molar-refractivity contribution in [3.8, 4) is 0 Å². The van der Waals surface area contributed by atoms with Crippen LogP contribution in [0.5, 0.6) is 0 Å². The lowest BCUT2D eigenvalue weighted by Gasteiger charge is -2.34. The summed E-state index contributed by atoms with van der Waals surface area (Å²) < 4.78 is 5.16. The number of aromatic nitrogens is 2. The van der Waals surface area contributed by atoms with E-state index in [9.17, 15) is 9.59 Å². The maximum absolute atomic E-state index is 12.7. The molecule has 27 heavy (non-hydrogen) atoms. The van der Waals surface area contributed by atoms with Crippen molar-refractivity contribution in [2.24, 2.45) is 0 Å². The summed E-state index contributed by atoms with van der Waals surface area (Å²) in [7, 11) is 0. The van der Waals surface area contributed by atoms with Crippen LogP contribution in [-0.4, -0.2) is 64.3 Å². The molecular formula is C19H25N5O3. The zero-order valence-electron chi connectivity index (χ0n) is 15.6. The Kier molecular flexibility index (Phi) is 6.40. The Morgan fingerprint density at radius 1 is 1.11 bits per heavy atom. The minimum atomic E-state index is -0.146.